The van der Waals surface area contributed by atoms with Crippen LogP contribution in [0, 0.1) is 13.8 Å². The Labute approximate surface area is 197 Å². The van der Waals surface area contributed by atoms with Crippen molar-refractivity contribution in [1.82, 2.24) is 14.7 Å². The van der Waals surface area contributed by atoms with Gasteiger partial charge in [-0.05, 0) is 62.2 Å². The molecule has 0 amide bonds. The van der Waals surface area contributed by atoms with Gasteiger partial charge in [-0.1, -0.05) is 35.5 Å². The Kier molecular flexibility index (Phi) is 5.72. The van der Waals surface area contributed by atoms with Gasteiger partial charge in [0.25, 0.3) is 0 Å². The number of hydrogen-bond donors (Lipinski definition) is 0. The van der Waals surface area contributed by atoms with Crippen molar-refractivity contribution < 1.29 is 14.1 Å². The van der Waals surface area contributed by atoms with Crippen molar-refractivity contribution in [2.75, 3.05) is 6.61 Å². The van der Waals surface area contributed by atoms with E-state index in [2.05, 4.69) is 39.1 Å². The zero-order chi connectivity index (χ0) is 23.7. The van der Waals surface area contributed by atoms with E-state index in [0.717, 1.165) is 50.3 Å². The molecule has 170 valence electrons. The van der Waals surface area contributed by atoms with Crippen molar-refractivity contribution in [3.8, 4) is 22.3 Å². The van der Waals surface area contributed by atoms with Crippen molar-refractivity contribution in [3.05, 3.63) is 95.8 Å². The molecule has 0 atom stereocenters. The largest absolute Gasteiger partial charge is 0.462 e. The predicted octanol–water partition coefficient (Wildman–Crippen LogP) is 6.20. The van der Waals surface area contributed by atoms with E-state index in [4.69, 9.17) is 9.26 Å². The molecule has 0 aliphatic rings. The summed E-state index contributed by atoms with van der Waals surface area (Å²) in [5.74, 6) is 0.491. The molecule has 34 heavy (non-hydrogen) atoms. The fourth-order valence-electron chi connectivity index (χ4n) is 4.37. The Hall–Kier alpha value is -4.19. The van der Waals surface area contributed by atoms with E-state index >= 15 is 0 Å². The van der Waals surface area contributed by atoms with E-state index in [0.29, 0.717) is 18.7 Å². The van der Waals surface area contributed by atoms with E-state index in [1.54, 1.807) is 6.92 Å². The summed E-state index contributed by atoms with van der Waals surface area (Å²) in [4.78, 5) is 16.6. The highest BCUT2D eigenvalue weighted by Gasteiger charge is 2.17. The number of carbonyl (C=O) groups is 1. The molecule has 0 aliphatic heterocycles. The average molecular weight is 452 g/mol. The third-order valence-electron chi connectivity index (χ3n) is 5.97. The third kappa shape index (κ3) is 3.99. The number of esters is 1. The molecule has 6 nitrogen and oxygen atoms in total. The molecule has 0 bridgehead atoms. The molecule has 0 N–H and O–H groups in total. The molecule has 3 heterocycles. The lowest BCUT2D eigenvalue weighted by molar-refractivity contribution is 0.0526. The minimum absolute atomic E-state index is 0.310. The minimum atomic E-state index is -0.310. The maximum absolute atomic E-state index is 12.1. The molecule has 0 aliphatic carbocycles. The fraction of sp³-hybridized carbons (Fsp3) is 0.179. The second kappa shape index (κ2) is 8.98. The summed E-state index contributed by atoms with van der Waals surface area (Å²) in [6.07, 6.45) is 3.96. The number of rotatable bonds is 6. The van der Waals surface area contributed by atoms with Gasteiger partial charge in [0.2, 0.25) is 0 Å². The second-order valence-electron chi connectivity index (χ2n) is 8.22. The molecular weight excluding hydrogens is 426 g/mol. The molecule has 0 unspecified atom stereocenters. The summed E-state index contributed by atoms with van der Waals surface area (Å²) in [6.45, 7) is 6.69. The lowest BCUT2D eigenvalue weighted by Crippen LogP contribution is -2.03. The number of benzene rings is 2. The van der Waals surface area contributed by atoms with Gasteiger partial charge < -0.3 is 13.8 Å². The van der Waals surface area contributed by atoms with E-state index in [9.17, 15) is 4.79 Å². The quantitative estimate of drug-likeness (QED) is 0.288. The Morgan fingerprint density at radius 3 is 2.50 bits per heavy atom. The topological polar surface area (TPSA) is 70.2 Å². The van der Waals surface area contributed by atoms with Gasteiger partial charge in [-0.2, -0.15) is 0 Å². The first kappa shape index (κ1) is 21.6. The normalized spacial score (nSPS) is 11.1. The van der Waals surface area contributed by atoms with Gasteiger partial charge in [-0.3, -0.25) is 4.98 Å². The molecule has 0 saturated heterocycles. The number of nitrogens with zero attached hydrogens (tertiary/aromatic N) is 3. The Morgan fingerprint density at radius 1 is 1.03 bits per heavy atom. The number of ether oxygens (including phenoxy) is 1. The average Bonchev–Trinajstić information content (AvgIpc) is 3.38. The molecule has 0 saturated carbocycles. The van der Waals surface area contributed by atoms with Gasteiger partial charge in [0.1, 0.15) is 5.76 Å². The first-order valence-corrected chi connectivity index (χ1v) is 11.3. The van der Waals surface area contributed by atoms with Crippen LogP contribution in [0.1, 0.15) is 34.4 Å². The fourth-order valence-corrected chi connectivity index (χ4v) is 4.37. The third-order valence-corrected chi connectivity index (χ3v) is 5.97. The van der Waals surface area contributed by atoms with Crippen LogP contribution in [0.3, 0.4) is 0 Å². The van der Waals surface area contributed by atoms with Crippen LogP contribution < -0.4 is 0 Å². The summed E-state index contributed by atoms with van der Waals surface area (Å²) in [5, 5.41) is 5.24. The van der Waals surface area contributed by atoms with Gasteiger partial charge in [0.15, 0.2) is 0 Å². The van der Waals surface area contributed by atoms with Crippen LogP contribution in [0.15, 0.2) is 77.6 Å². The van der Waals surface area contributed by atoms with Crippen molar-refractivity contribution in [1.29, 1.82) is 0 Å². The zero-order valence-electron chi connectivity index (χ0n) is 19.4. The van der Waals surface area contributed by atoms with Crippen LogP contribution in [0.5, 0.6) is 0 Å². The van der Waals surface area contributed by atoms with Crippen molar-refractivity contribution in [2.45, 2.75) is 27.3 Å². The van der Waals surface area contributed by atoms with E-state index in [-0.39, 0.29) is 5.97 Å². The van der Waals surface area contributed by atoms with Crippen LogP contribution in [0.25, 0.3) is 33.2 Å². The van der Waals surface area contributed by atoms with E-state index < -0.39 is 0 Å². The van der Waals surface area contributed by atoms with Crippen LogP contribution >= 0.6 is 0 Å². The lowest BCUT2D eigenvalue weighted by atomic mass is 9.99. The first-order valence-electron chi connectivity index (χ1n) is 11.3. The van der Waals surface area contributed by atoms with Crippen LogP contribution in [-0.2, 0) is 11.3 Å². The maximum Gasteiger partial charge on any atom is 0.338 e. The Morgan fingerprint density at radius 2 is 1.82 bits per heavy atom. The monoisotopic (exact) mass is 451 g/mol. The lowest BCUT2D eigenvalue weighted by Gasteiger charge is -2.07. The summed E-state index contributed by atoms with van der Waals surface area (Å²) in [6, 6.07) is 19.9. The summed E-state index contributed by atoms with van der Waals surface area (Å²) in [5.41, 5.74) is 7.69. The standard InChI is InChI=1S/C28H25N3O3/c1-4-33-28(32)21-10-8-20(9-11-21)25-17-31(16-23-7-5-6-14-29-23)26-15-22(12-13-24(25)26)27-18(2)30-34-19(27)3/h5-15,17H,4,16H2,1-3H3. The second-order valence-corrected chi connectivity index (χ2v) is 8.22. The molecule has 2 aromatic carbocycles. The summed E-state index contributed by atoms with van der Waals surface area (Å²) < 4.78 is 12.7. The van der Waals surface area contributed by atoms with Crippen LogP contribution in [0.4, 0.5) is 0 Å². The van der Waals surface area contributed by atoms with Gasteiger partial charge in [0.05, 0.1) is 30.1 Å². The molecular formula is C28H25N3O3. The van der Waals surface area contributed by atoms with Crippen molar-refractivity contribution in [3.63, 3.8) is 0 Å². The molecule has 6 heteroatoms. The summed E-state index contributed by atoms with van der Waals surface area (Å²) in [7, 11) is 0. The maximum atomic E-state index is 12.1. The zero-order valence-corrected chi connectivity index (χ0v) is 19.4. The van der Waals surface area contributed by atoms with Crippen molar-refractivity contribution >= 4 is 16.9 Å². The molecule has 5 rings (SSSR count). The predicted molar refractivity (Wildman–Crippen MR) is 132 cm³/mol. The summed E-state index contributed by atoms with van der Waals surface area (Å²) >= 11 is 0. The van der Waals surface area contributed by atoms with Crippen LogP contribution in [0.2, 0.25) is 0 Å². The highest BCUT2D eigenvalue weighted by molar-refractivity contribution is 5.99. The number of aromatic nitrogens is 3. The molecule has 5 aromatic rings. The van der Waals surface area contributed by atoms with Gasteiger partial charge in [0, 0.05) is 34.4 Å². The van der Waals surface area contributed by atoms with Gasteiger partial charge in [-0.25, -0.2) is 4.79 Å². The molecule has 0 radical (unpaired) electrons. The van der Waals surface area contributed by atoms with E-state index in [1.165, 1.54) is 0 Å². The van der Waals surface area contributed by atoms with Crippen molar-refractivity contribution in [2.24, 2.45) is 0 Å². The highest BCUT2D eigenvalue weighted by Crippen LogP contribution is 2.35. The number of fused-ring (bicyclic) bond motifs is 1. The first-order chi connectivity index (χ1) is 16.5. The number of pyridine rings is 1. The number of aryl methyl sites for hydroxylation is 2. The molecule has 0 fully saturated rings. The molecule has 0 spiro atoms. The molecule has 3 aromatic heterocycles. The Bertz CT molecular complexity index is 1450. The smallest absolute Gasteiger partial charge is 0.338 e. The Balaban J connectivity index is 1.63. The minimum Gasteiger partial charge on any atom is -0.462 e. The number of hydrogen-bond acceptors (Lipinski definition) is 5. The van der Waals surface area contributed by atoms with Gasteiger partial charge in [-0.15, -0.1) is 0 Å². The SMILES string of the molecule is CCOC(=O)c1ccc(-c2cn(Cc3ccccn3)c3cc(-c4c(C)noc4C)ccc23)cc1. The number of carbonyl (C=O) groups excluding carboxylic acids is 1. The van der Waals surface area contributed by atoms with Crippen LogP contribution in [-0.4, -0.2) is 27.3 Å². The van der Waals surface area contributed by atoms with E-state index in [1.807, 2.05) is 62.5 Å². The van der Waals surface area contributed by atoms with Gasteiger partial charge >= 0.3 is 5.97 Å². The highest BCUT2D eigenvalue weighted by atomic mass is 16.5.